The standard InChI is InChI=1S/C75H127NO8/c1-6-8-10-12-14-16-18-20-22-24-26-27-28-29-30-31-32-33-34-35-36-37-38-39-40-41-42-43-44-45-46-47-48-50-52-54-56-58-60-62-64-66-73(78)84-71(70-83-75(74(79)80)81-68-67-76(3,4)5)69-82-72(77)65-63-61-59-57-55-53-51-49-25-23-21-19-17-15-13-11-9-7-2/h8,10,14,16-17,19-20,22-23,25-27,29-30,32-33,35-36,38-39,71,75H,6-7,9,11-13,15,18,21,24,28,31,34,37,40-70H2,1-5H3/p+1/b10-8-,16-14-,19-17-,22-20-,25-23-,27-26-,30-29-,33-32-,36-35-,39-38-. The number of likely N-dealkylation sites (N-methyl/N-ethyl adjacent to an activating group) is 1. The van der Waals surface area contributed by atoms with Crippen LogP contribution in [0.15, 0.2) is 122 Å². The summed E-state index contributed by atoms with van der Waals surface area (Å²) in [5, 5.41) is 9.73. The number of esters is 2. The van der Waals surface area contributed by atoms with Crippen LogP contribution in [-0.2, 0) is 33.3 Å². The highest BCUT2D eigenvalue weighted by molar-refractivity contribution is 5.71. The number of carbonyl (C=O) groups is 3. The number of ether oxygens (including phenoxy) is 4. The van der Waals surface area contributed by atoms with Crippen molar-refractivity contribution in [2.45, 2.75) is 289 Å². The van der Waals surface area contributed by atoms with Crippen molar-refractivity contribution in [3.8, 4) is 0 Å². The van der Waals surface area contributed by atoms with Gasteiger partial charge in [-0.2, -0.15) is 0 Å². The molecule has 0 aromatic heterocycles. The summed E-state index contributed by atoms with van der Waals surface area (Å²) in [6.07, 6.45) is 88.8. The van der Waals surface area contributed by atoms with Crippen LogP contribution in [0.4, 0.5) is 0 Å². The number of quaternary nitrogens is 1. The van der Waals surface area contributed by atoms with Gasteiger partial charge in [0.15, 0.2) is 6.10 Å². The van der Waals surface area contributed by atoms with Crippen LogP contribution in [0.2, 0.25) is 0 Å². The summed E-state index contributed by atoms with van der Waals surface area (Å²) in [7, 11) is 5.97. The summed E-state index contributed by atoms with van der Waals surface area (Å²) in [4.78, 5) is 37.5. The third-order valence-electron chi connectivity index (χ3n) is 14.5. The first-order valence-electron chi connectivity index (χ1n) is 34.2. The Morgan fingerprint density at radius 2 is 0.679 bits per heavy atom. The molecule has 0 bridgehead atoms. The van der Waals surface area contributed by atoms with Crippen molar-refractivity contribution in [2.75, 3.05) is 47.5 Å². The van der Waals surface area contributed by atoms with E-state index in [0.717, 1.165) is 103 Å². The first kappa shape index (κ1) is 79.7. The molecule has 0 rings (SSSR count). The Hall–Kier alpha value is -4.31. The number of hydrogen-bond donors (Lipinski definition) is 1. The van der Waals surface area contributed by atoms with Gasteiger partial charge in [0.2, 0.25) is 0 Å². The fourth-order valence-electron chi connectivity index (χ4n) is 9.24. The molecule has 0 aromatic carbocycles. The first-order chi connectivity index (χ1) is 41.1. The summed E-state index contributed by atoms with van der Waals surface area (Å²) in [5.41, 5.74) is 0. The van der Waals surface area contributed by atoms with Crippen LogP contribution in [0.3, 0.4) is 0 Å². The first-order valence-corrected chi connectivity index (χ1v) is 34.2. The molecule has 0 radical (unpaired) electrons. The van der Waals surface area contributed by atoms with Gasteiger partial charge in [-0.05, 0) is 109 Å². The SMILES string of the molecule is CC/C=C\C/C=C\C/C=C\C/C=C\C/C=C\C/C=C\C/C=C\C/C=C\CCCCCCCCCCCCCCCCCCC(=O)OC(COC(=O)CCCCCCCCC/C=C\C/C=C\CCCCCC)COC(OCC[N+](C)(C)C)C(=O)O. The van der Waals surface area contributed by atoms with Gasteiger partial charge >= 0.3 is 17.9 Å². The number of aliphatic carboxylic acids is 1. The summed E-state index contributed by atoms with van der Waals surface area (Å²) in [6.45, 7) is 4.75. The molecule has 0 aliphatic carbocycles. The number of allylic oxidation sites excluding steroid dienone is 20. The molecule has 1 N–H and O–H groups in total. The Morgan fingerprint density at radius 3 is 1.01 bits per heavy atom. The van der Waals surface area contributed by atoms with Crippen molar-refractivity contribution in [2.24, 2.45) is 0 Å². The summed E-state index contributed by atoms with van der Waals surface area (Å²) < 4.78 is 22.9. The lowest BCUT2D eigenvalue weighted by atomic mass is 10.0. The summed E-state index contributed by atoms with van der Waals surface area (Å²) in [6, 6.07) is 0. The second kappa shape index (κ2) is 64.7. The van der Waals surface area contributed by atoms with Crippen molar-refractivity contribution >= 4 is 17.9 Å². The molecule has 0 fully saturated rings. The Kier molecular flexibility index (Phi) is 61.4. The maximum Gasteiger partial charge on any atom is 0.361 e. The molecule has 9 nitrogen and oxygen atoms in total. The normalized spacial score (nSPS) is 13.5. The molecule has 9 heteroatoms. The number of carboxylic acids is 1. The van der Waals surface area contributed by atoms with Gasteiger partial charge in [0.25, 0.3) is 6.29 Å². The molecule has 84 heavy (non-hydrogen) atoms. The van der Waals surface area contributed by atoms with Crippen LogP contribution < -0.4 is 0 Å². The van der Waals surface area contributed by atoms with E-state index in [-0.39, 0.29) is 32.2 Å². The van der Waals surface area contributed by atoms with E-state index < -0.39 is 24.3 Å². The topological polar surface area (TPSA) is 108 Å². The summed E-state index contributed by atoms with van der Waals surface area (Å²) in [5.74, 6) is -2.01. The second-order valence-corrected chi connectivity index (χ2v) is 23.7. The lowest BCUT2D eigenvalue weighted by Gasteiger charge is -2.25. The fourth-order valence-corrected chi connectivity index (χ4v) is 9.24. The van der Waals surface area contributed by atoms with Crippen molar-refractivity contribution < 1.29 is 42.9 Å². The molecule has 0 saturated heterocycles. The van der Waals surface area contributed by atoms with Crippen LogP contribution in [0.25, 0.3) is 0 Å². The third kappa shape index (κ3) is 65.2. The Morgan fingerprint density at radius 1 is 0.369 bits per heavy atom. The smallest absolute Gasteiger partial charge is 0.361 e. The Balaban J connectivity index is 4.07. The van der Waals surface area contributed by atoms with Gasteiger partial charge < -0.3 is 28.5 Å². The molecule has 0 saturated carbocycles. The molecule has 0 aliphatic rings. The minimum Gasteiger partial charge on any atom is -0.477 e. The highest BCUT2D eigenvalue weighted by Gasteiger charge is 2.25. The molecule has 2 unspecified atom stereocenters. The van der Waals surface area contributed by atoms with Crippen molar-refractivity contribution in [1.29, 1.82) is 0 Å². The maximum absolute atomic E-state index is 12.9. The molecule has 2 atom stereocenters. The van der Waals surface area contributed by atoms with E-state index in [1.807, 2.05) is 21.1 Å². The third-order valence-corrected chi connectivity index (χ3v) is 14.5. The predicted octanol–water partition coefficient (Wildman–Crippen LogP) is 21.2. The highest BCUT2D eigenvalue weighted by atomic mass is 16.7. The van der Waals surface area contributed by atoms with E-state index in [9.17, 15) is 19.5 Å². The van der Waals surface area contributed by atoms with Crippen molar-refractivity contribution in [3.05, 3.63) is 122 Å². The molecule has 0 aromatic rings. The number of carboxylic acid groups (broad SMARTS) is 1. The number of rotatable bonds is 62. The number of hydrogen-bond acceptors (Lipinski definition) is 7. The zero-order chi connectivity index (χ0) is 61.2. The Bertz CT molecular complexity index is 1790. The second-order valence-electron chi connectivity index (χ2n) is 23.7. The van der Waals surface area contributed by atoms with Crippen LogP contribution >= 0.6 is 0 Å². The fraction of sp³-hybridized carbons (Fsp3) is 0.693. The minimum absolute atomic E-state index is 0.183. The lowest BCUT2D eigenvalue weighted by molar-refractivity contribution is -0.870. The van der Waals surface area contributed by atoms with Gasteiger partial charge in [-0.1, -0.05) is 277 Å². The number of nitrogens with zero attached hydrogens (tertiary/aromatic N) is 1. The quantitative estimate of drug-likeness (QED) is 0.0211. The zero-order valence-corrected chi connectivity index (χ0v) is 54.8. The van der Waals surface area contributed by atoms with Crippen LogP contribution in [0.5, 0.6) is 0 Å². The van der Waals surface area contributed by atoms with E-state index >= 15 is 0 Å². The molecule has 0 heterocycles. The lowest BCUT2D eigenvalue weighted by Crippen LogP contribution is -2.40. The van der Waals surface area contributed by atoms with E-state index in [4.69, 9.17) is 18.9 Å². The van der Waals surface area contributed by atoms with Crippen LogP contribution in [0, 0.1) is 0 Å². The van der Waals surface area contributed by atoms with E-state index in [0.29, 0.717) is 23.9 Å². The van der Waals surface area contributed by atoms with Gasteiger partial charge in [-0.15, -0.1) is 0 Å². The largest absolute Gasteiger partial charge is 0.477 e. The predicted molar refractivity (Wildman–Crippen MR) is 359 cm³/mol. The molecule has 480 valence electrons. The molecule has 0 spiro atoms. The number of carbonyl (C=O) groups excluding carboxylic acids is 2. The van der Waals surface area contributed by atoms with Crippen molar-refractivity contribution in [1.82, 2.24) is 0 Å². The van der Waals surface area contributed by atoms with Gasteiger partial charge in [-0.25, -0.2) is 4.79 Å². The molecular weight excluding hydrogens is 1040 g/mol. The number of unbranched alkanes of at least 4 members (excludes halogenated alkanes) is 27. The van der Waals surface area contributed by atoms with Gasteiger partial charge in [0, 0.05) is 12.8 Å². The summed E-state index contributed by atoms with van der Waals surface area (Å²) >= 11 is 0. The van der Waals surface area contributed by atoms with E-state index in [1.54, 1.807) is 0 Å². The Labute approximate surface area is 517 Å². The molecule has 0 aliphatic heterocycles. The highest BCUT2D eigenvalue weighted by Crippen LogP contribution is 2.17. The van der Waals surface area contributed by atoms with Gasteiger partial charge in [0.1, 0.15) is 13.2 Å². The van der Waals surface area contributed by atoms with Gasteiger partial charge in [0.05, 0.1) is 34.4 Å². The van der Waals surface area contributed by atoms with Gasteiger partial charge in [-0.3, -0.25) is 9.59 Å². The van der Waals surface area contributed by atoms with Crippen LogP contribution in [0.1, 0.15) is 277 Å². The minimum atomic E-state index is -1.52. The van der Waals surface area contributed by atoms with Crippen molar-refractivity contribution in [3.63, 3.8) is 0 Å². The average Bonchev–Trinajstić information content (AvgIpc) is 3.52. The monoisotopic (exact) mass is 1170 g/mol. The van der Waals surface area contributed by atoms with Crippen LogP contribution in [-0.4, -0.2) is 87.4 Å². The molecule has 0 amide bonds. The average molecular weight is 1170 g/mol. The van der Waals surface area contributed by atoms with E-state index in [2.05, 4.69) is 135 Å². The molecular formula is C75H128NO8+. The van der Waals surface area contributed by atoms with E-state index in [1.165, 1.54) is 141 Å². The maximum atomic E-state index is 12.9. The zero-order valence-electron chi connectivity index (χ0n) is 54.8.